The Kier molecular flexibility index (Phi) is 3.16. The highest BCUT2D eigenvalue weighted by Crippen LogP contribution is 2.31. The second-order valence-corrected chi connectivity index (χ2v) is 4.98. The summed E-state index contributed by atoms with van der Waals surface area (Å²) in [7, 11) is 0. The molecule has 0 aliphatic heterocycles. The number of benzene rings is 1. The molecule has 0 aromatic heterocycles. The van der Waals surface area contributed by atoms with Crippen LogP contribution in [0.3, 0.4) is 0 Å². The van der Waals surface area contributed by atoms with Crippen LogP contribution in [0.4, 0.5) is 4.39 Å². The van der Waals surface area contributed by atoms with Gasteiger partial charge in [0.05, 0.1) is 10.5 Å². The first-order valence-electron chi connectivity index (χ1n) is 5.25. The standard InChI is InChI=1S/C12H10BrFN2O/c13-9-3-2-8(6-10(9)14)11(17)16-12(7-15)4-1-5-12/h2-3,6H,1,4-5H2,(H,16,17). The van der Waals surface area contributed by atoms with E-state index in [9.17, 15) is 9.18 Å². The Balaban J connectivity index is 2.15. The predicted octanol–water partition coefficient (Wildman–Crippen LogP) is 2.76. The Morgan fingerprint density at radius 2 is 2.24 bits per heavy atom. The molecule has 1 amide bonds. The Labute approximate surface area is 107 Å². The molecule has 1 aromatic rings. The molecule has 0 unspecified atom stereocenters. The highest BCUT2D eigenvalue weighted by Gasteiger charge is 2.38. The first-order valence-corrected chi connectivity index (χ1v) is 6.04. The van der Waals surface area contributed by atoms with Crippen LogP contribution in [0.15, 0.2) is 22.7 Å². The van der Waals surface area contributed by atoms with E-state index in [2.05, 4.69) is 27.3 Å². The van der Waals surface area contributed by atoms with Gasteiger partial charge in [0.1, 0.15) is 11.4 Å². The second kappa shape index (κ2) is 4.46. The Morgan fingerprint density at radius 1 is 1.53 bits per heavy atom. The van der Waals surface area contributed by atoms with Crippen LogP contribution in [0.5, 0.6) is 0 Å². The third kappa shape index (κ3) is 2.32. The maximum absolute atomic E-state index is 13.3. The molecule has 1 fully saturated rings. The summed E-state index contributed by atoms with van der Waals surface area (Å²) in [5.41, 5.74) is -0.520. The topological polar surface area (TPSA) is 52.9 Å². The average molecular weight is 297 g/mol. The highest BCUT2D eigenvalue weighted by molar-refractivity contribution is 9.10. The molecule has 0 heterocycles. The van der Waals surface area contributed by atoms with Gasteiger partial charge in [-0.25, -0.2) is 4.39 Å². The van der Waals surface area contributed by atoms with Gasteiger partial charge >= 0.3 is 0 Å². The molecule has 0 spiro atoms. The maximum Gasteiger partial charge on any atom is 0.252 e. The van der Waals surface area contributed by atoms with E-state index < -0.39 is 17.3 Å². The molecule has 1 saturated carbocycles. The smallest absolute Gasteiger partial charge is 0.252 e. The Bertz CT molecular complexity index is 506. The van der Waals surface area contributed by atoms with E-state index in [0.29, 0.717) is 17.3 Å². The van der Waals surface area contributed by atoms with Crippen LogP contribution < -0.4 is 5.32 Å². The lowest BCUT2D eigenvalue weighted by atomic mass is 9.78. The second-order valence-electron chi connectivity index (χ2n) is 4.13. The van der Waals surface area contributed by atoms with E-state index in [1.807, 2.05) is 0 Å². The quantitative estimate of drug-likeness (QED) is 0.912. The van der Waals surface area contributed by atoms with Gasteiger partial charge in [-0.05, 0) is 53.4 Å². The molecule has 0 radical (unpaired) electrons. The van der Waals surface area contributed by atoms with Gasteiger partial charge in [0.25, 0.3) is 5.91 Å². The minimum Gasteiger partial charge on any atom is -0.334 e. The van der Waals surface area contributed by atoms with Gasteiger partial charge < -0.3 is 5.32 Å². The molecule has 1 aromatic carbocycles. The fraction of sp³-hybridized carbons (Fsp3) is 0.333. The molecule has 17 heavy (non-hydrogen) atoms. The zero-order valence-electron chi connectivity index (χ0n) is 8.96. The fourth-order valence-electron chi connectivity index (χ4n) is 1.72. The lowest BCUT2D eigenvalue weighted by molar-refractivity contribution is 0.0881. The molecule has 0 bridgehead atoms. The number of carbonyl (C=O) groups excluding carboxylic acids is 1. The van der Waals surface area contributed by atoms with E-state index in [-0.39, 0.29) is 5.56 Å². The van der Waals surface area contributed by atoms with E-state index >= 15 is 0 Å². The first kappa shape index (κ1) is 12.1. The lowest BCUT2D eigenvalue weighted by Crippen LogP contribution is -2.52. The minimum atomic E-state index is -0.749. The van der Waals surface area contributed by atoms with Crippen LogP contribution in [-0.4, -0.2) is 11.4 Å². The van der Waals surface area contributed by atoms with Crippen molar-refractivity contribution in [2.45, 2.75) is 24.8 Å². The summed E-state index contributed by atoms with van der Waals surface area (Å²) >= 11 is 3.02. The number of nitriles is 1. The highest BCUT2D eigenvalue weighted by atomic mass is 79.9. The van der Waals surface area contributed by atoms with Gasteiger partial charge in [0.2, 0.25) is 0 Å². The van der Waals surface area contributed by atoms with Crippen molar-refractivity contribution in [3.8, 4) is 6.07 Å². The third-order valence-corrected chi connectivity index (χ3v) is 3.60. The van der Waals surface area contributed by atoms with Gasteiger partial charge in [-0.15, -0.1) is 0 Å². The van der Waals surface area contributed by atoms with E-state index in [4.69, 9.17) is 5.26 Å². The van der Waals surface area contributed by atoms with Crippen molar-refractivity contribution in [1.29, 1.82) is 5.26 Å². The molecular weight excluding hydrogens is 287 g/mol. The summed E-state index contributed by atoms with van der Waals surface area (Å²) in [5, 5.41) is 11.6. The largest absolute Gasteiger partial charge is 0.334 e. The van der Waals surface area contributed by atoms with E-state index in [1.54, 1.807) is 0 Å². The van der Waals surface area contributed by atoms with Gasteiger partial charge in [-0.3, -0.25) is 4.79 Å². The zero-order valence-corrected chi connectivity index (χ0v) is 10.6. The van der Waals surface area contributed by atoms with E-state index in [1.165, 1.54) is 12.1 Å². The number of hydrogen-bond acceptors (Lipinski definition) is 2. The van der Waals surface area contributed by atoms with Crippen LogP contribution in [0.25, 0.3) is 0 Å². The summed E-state index contributed by atoms with van der Waals surface area (Å²) in [6, 6.07) is 6.26. The molecule has 1 aliphatic carbocycles. The molecular formula is C12H10BrFN2O. The molecule has 88 valence electrons. The molecule has 0 saturated heterocycles. The number of nitrogens with one attached hydrogen (secondary N) is 1. The van der Waals surface area contributed by atoms with Crippen molar-refractivity contribution < 1.29 is 9.18 Å². The molecule has 1 N–H and O–H groups in total. The normalized spacial score (nSPS) is 16.8. The maximum atomic E-state index is 13.3. The summed E-state index contributed by atoms with van der Waals surface area (Å²) < 4.78 is 13.6. The van der Waals surface area contributed by atoms with Crippen LogP contribution in [0, 0.1) is 17.1 Å². The minimum absolute atomic E-state index is 0.229. The fourth-order valence-corrected chi connectivity index (χ4v) is 1.97. The van der Waals surface area contributed by atoms with Crippen LogP contribution in [-0.2, 0) is 0 Å². The number of nitrogens with zero attached hydrogens (tertiary/aromatic N) is 1. The summed E-state index contributed by atoms with van der Waals surface area (Å²) in [6.07, 6.45) is 2.25. The molecule has 1 aliphatic rings. The van der Waals surface area contributed by atoms with Crippen molar-refractivity contribution in [1.82, 2.24) is 5.32 Å². The first-order chi connectivity index (χ1) is 8.06. The van der Waals surface area contributed by atoms with Crippen LogP contribution >= 0.6 is 15.9 Å². The van der Waals surface area contributed by atoms with Crippen molar-refractivity contribution in [3.63, 3.8) is 0 Å². The van der Waals surface area contributed by atoms with Crippen molar-refractivity contribution in [2.75, 3.05) is 0 Å². The Hall–Kier alpha value is -1.41. The number of halogens is 2. The third-order valence-electron chi connectivity index (χ3n) is 2.96. The monoisotopic (exact) mass is 296 g/mol. The lowest BCUT2D eigenvalue weighted by Gasteiger charge is -2.35. The van der Waals surface area contributed by atoms with Crippen molar-refractivity contribution in [2.24, 2.45) is 0 Å². The average Bonchev–Trinajstić information content (AvgIpc) is 2.27. The molecule has 5 heteroatoms. The molecule has 0 atom stereocenters. The summed E-state index contributed by atoms with van der Waals surface area (Å²) in [6.45, 7) is 0. The number of rotatable bonds is 2. The predicted molar refractivity (Wildman–Crippen MR) is 63.8 cm³/mol. The number of amides is 1. The van der Waals surface area contributed by atoms with Gasteiger partial charge in [-0.1, -0.05) is 0 Å². The summed E-state index contributed by atoms with van der Waals surface area (Å²) in [4.78, 5) is 11.8. The van der Waals surface area contributed by atoms with Gasteiger partial charge in [0.15, 0.2) is 0 Å². The van der Waals surface area contributed by atoms with Crippen LogP contribution in [0.1, 0.15) is 29.6 Å². The van der Waals surface area contributed by atoms with Crippen molar-refractivity contribution >= 4 is 21.8 Å². The molecule has 3 nitrogen and oxygen atoms in total. The van der Waals surface area contributed by atoms with E-state index in [0.717, 1.165) is 12.5 Å². The van der Waals surface area contributed by atoms with Gasteiger partial charge in [0, 0.05) is 5.56 Å². The SMILES string of the molecule is N#CC1(NC(=O)c2ccc(Br)c(F)c2)CCC1. The number of carbonyl (C=O) groups is 1. The Morgan fingerprint density at radius 3 is 2.71 bits per heavy atom. The van der Waals surface area contributed by atoms with Crippen LogP contribution in [0.2, 0.25) is 0 Å². The number of hydrogen-bond donors (Lipinski definition) is 1. The zero-order chi connectivity index (χ0) is 12.5. The molecule has 2 rings (SSSR count). The summed E-state index contributed by atoms with van der Waals surface area (Å²) in [5.74, 6) is -0.894. The van der Waals surface area contributed by atoms with Crippen molar-refractivity contribution in [3.05, 3.63) is 34.1 Å². The van der Waals surface area contributed by atoms with Gasteiger partial charge in [-0.2, -0.15) is 5.26 Å².